The molecule has 0 saturated carbocycles. The molecule has 0 spiro atoms. The first kappa shape index (κ1) is 12.0. The Hall–Kier alpha value is -1.03. The highest BCUT2D eigenvalue weighted by molar-refractivity contribution is 6.18. The molecule has 0 bridgehead atoms. The van der Waals surface area contributed by atoms with E-state index >= 15 is 0 Å². The van der Waals surface area contributed by atoms with Gasteiger partial charge in [-0.25, -0.2) is 4.98 Å². The second-order valence-corrected chi connectivity index (χ2v) is 3.82. The summed E-state index contributed by atoms with van der Waals surface area (Å²) in [6, 6.07) is 0. The molecule has 1 N–H and O–H groups in total. The number of halogens is 1. The Bertz CT molecular complexity index is 364. The van der Waals surface area contributed by atoms with E-state index in [0.717, 1.165) is 0 Å². The maximum Gasteiger partial charge on any atom is 0.293 e. The molecule has 0 aliphatic heterocycles. The van der Waals surface area contributed by atoms with Gasteiger partial charge in [-0.3, -0.25) is 4.79 Å². The van der Waals surface area contributed by atoms with E-state index in [1.54, 1.807) is 17.0 Å². The zero-order chi connectivity index (χ0) is 11.3. The van der Waals surface area contributed by atoms with Gasteiger partial charge in [-0.1, -0.05) is 6.92 Å². The van der Waals surface area contributed by atoms with E-state index in [0.29, 0.717) is 30.7 Å². The molecule has 0 aliphatic carbocycles. The predicted molar refractivity (Wildman–Crippen MR) is 62.5 cm³/mol. The van der Waals surface area contributed by atoms with E-state index in [-0.39, 0.29) is 5.56 Å². The lowest BCUT2D eigenvalue weighted by Gasteiger charge is -2.10. The van der Waals surface area contributed by atoms with Crippen LogP contribution in [0.15, 0.2) is 17.2 Å². The molecule has 0 radical (unpaired) electrons. The first-order valence-electron chi connectivity index (χ1n) is 5.04. The smallest absolute Gasteiger partial charge is 0.293 e. The van der Waals surface area contributed by atoms with Crippen LogP contribution in [0.1, 0.15) is 13.8 Å². The van der Waals surface area contributed by atoms with Crippen molar-refractivity contribution in [2.24, 2.45) is 5.92 Å². The molecule has 1 aromatic rings. The molecule has 0 amide bonds. The van der Waals surface area contributed by atoms with Crippen LogP contribution in [0.4, 0.5) is 5.82 Å². The minimum Gasteiger partial charge on any atom is -0.365 e. The molecule has 0 aromatic carbocycles. The standard InChI is InChI=1S/C10H16ClN3O/c1-3-14-5-4-12-9(10(14)15)13-7-8(2)6-11/h4-5,8H,3,6-7H2,1-2H3,(H,12,13). The van der Waals surface area contributed by atoms with Gasteiger partial charge in [0.25, 0.3) is 5.56 Å². The van der Waals surface area contributed by atoms with E-state index in [1.165, 1.54) is 0 Å². The first-order valence-corrected chi connectivity index (χ1v) is 5.57. The van der Waals surface area contributed by atoms with Gasteiger partial charge in [0.1, 0.15) is 0 Å². The summed E-state index contributed by atoms with van der Waals surface area (Å²) in [6.45, 7) is 5.26. The van der Waals surface area contributed by atoms with Crippen LogP contribution in [0.25, 0.3) is 0 Å². The second kappa shape index (κ2) is 5.75. The lowest BCUT2D eigenvalue weighted by Crippen LogP contribution is -2.25. The second-order valence-electron chi connectivity index (χ2n) is 3.51. The molecular weight excluding hydrogens is 214 g/mol. The summed E-state index contributed by atoms with van der Waals surface area (Å²) in [6.07, 6.45) is 3.30. The predicted octanol–water partition coefficient (Wildman–Crippen LogP) is 1.55. The monoisotopic (exact) mass is 229 g/mol. The first-order chi connectivity index (χ1) is 7.19. The summed E-state index contributed by atoms with van der Waals surface area (Å²) >= 11 is 5.67. The normalized spacial score (nSPS) is 12.5. The van der Waals surface area contributed by atoms with Crippen LogP contribution in [-0.2, 0) is 6.54 Å². The molecule has 5 heteroatoms. The lowest BCUT2D eigenvalue weighted by molar-refractivity contribution is 0.683. The third-order valence-corrected chi connectivity index (χ3v) is 2.66. The third kappa shape index (κ3) is 3.23. The van der Waals surface area contributed by atoms with Crippen molar-refractivity contribution in [3.05, 3.63) is 22.7 Å². The average Bonchev–Trinajstić information content (AvgIpc) is 2.27. The highest BCUT2D eigenvalue weighted by Crippen LogP contribution is 2.00. The average molecular weight is 230 g/mol. The molecule has 1 unspecified atom stereocenters. The summed E-state index contributed by atoms with van der Waals surface area (Å²) in [5.74, 6) is 1.29. The lowest BCUT2D eigenvalue weighted by atomic mass is 10.2. The van der Waals surface area contributed by atoms with Gasteiger partial charge >= 0.3 is 0 Å². The highest BCUT2D eigenvalue weighted by Gasteiger charge is 2.05. The molecule has 0 aliphatic rings. The largest absolute Gasteiger partial charge is 0.365 e. The number of alkyl halides is 1. The minimum atomic E-state index is -0.0817. The van der Waals surface area contributed by atoms with Crippen molar-refractivity contribution in [3.8, 4) is 0 Å². The minimum absolute atomic E-state index is 0.0817. The summed E-state index contributed by atoms with van der Waals surface area (Å²) in [5, 5.41) is 3.01. The van der Waals surface area contributed by atoms with Gasteiger partial charge in [0, 0.05) is 31.4 Å². The van der Waals surface area contributed by atoms with E-state index in [4.69, 9.17) is 11.6 Å². The SMILES string of the molecule is CCn1ccnc(NCC(C)CCl)c1=O. The van der Waals surface area contributed by atoms with Crippen molar-refractivity contribution >= 4 is 17.4 Å². The maximum absolute atomic E-state index is 11.7. The Balaban J connectivity index is 2.73. The molecule has 4 nitrogen and oxygen atoms in total. The van der Waals surface area contributed by atoms with Gasteiger partial charge in [-0.2, -0.15) is 0 Å². The van der Waals surface area contributed by atoms with E-state index in [2.05, 4.69) is 10.3 Å². The fraction of sp³-hybridized carbons (Fsp3) is 0.600. The Morgan fingerprint density at radius 2 is 2.40 bits per heavy atom. The van der Waals surface area contributed by atoms with Gasteiger partial charge in [-0.15, -0.1) is 11.6 Å². The van der Waals surface area contributed by atoms with E-state index < -0.39 is 0 Å². The molecule has 1 rings (SSSR count). The van der Waals surface area contributed by atoms with Crippen LogP contribution in [0.3, 0.4) is 0 Å². The summed E-state index contributed by atoms with van der Waals surface area (Å²) in [4.78, 5) is 15.7. The van der Waals surface area contributed by atoms with Crippen molar-refractivity contribution in [2.75, 3.05) is 17.7 Å². The topological polar surface area (TPSA) is 46.9 Å². The van der Waals surface area contributed by atoms with Gasteiger partial charge < -0.3 is 9.88 Å². The van der Waals surface area contributed by atoms with Gasteiger partial charge in [0.15, 0.2) is 5.82 Å². The van der Waals surface area contributed by atoms with Crippen LogP contribution in [0.5, 0.6) is 0 Å². The zero-order valence-corrected chi connectivity index (χ0v) is 9.79. The van der Waals surface area contributed by atoms with Crippen LogP contribution in [0, 0.1) is 5.92 Å². The number of rotatable bonds is 5. The van der Waals surface area contributed by atoms with E-state index in [9.17, 15) is 4.79 Å². The molecule has 1 aromatic heterocycles. The highest BCUT2D eigenvalue weighted by atomic mass is 35.5. The molecule has 0 saturated heterocycles. The van der Waals surface area contributed by atoms with Gasteiger partial charge in [0.05, 0.1) is 0 Å². The summed E-state index contributed by atoms with van der Waals surface area (Å²) < 4.78 is 1.61. The van der Waals surface area contributed by atoms with Crippen molar-refractivity contribution < 1.29 is 0 Å². The van der Waals surface area contributed by atoms with Gasteiger partial charge in [-0.05, 0) is 12.8 Å². The van der Waals surface area contributed by atoms with Crippen molar-refractivity contribution in [1.82, 2.24) is 9.55 Å². The van der Waals surface area contributed by atoms with Crippen LogP contribution < -0.4 is 10.9 Å². The third-order valence-electron chi connectivity index (χ3n) is 2.14. The fourth-order valence-corrected chi connectivity index (χ4v) is 1.25. The van der Waals surface area contributed by atoms with Crippen molar-refractivity contribution in [2.45, 2.75) is 20.4 Å². The number of aromatic nitrogens is 2. The summed E-state index contributed by atoms with van der Waals surface area (Å²) in [7, 11) is 0. The van der Waals surface area contributed by atoms with Crippen LogP contribution in [0.2, 0.25) is 0 Å². The van der Waals surface area contributed by atoms with E-state index in [1.807, 2.05) is 13.8 Å². The number of hydrogen-bond acceptors (Lipinski definition) is 3. The number of anilines is 1. The van der Waals surface area contributed by atoms with Crippen LogP contribution >= 0.6 is 11.6 Å². The Morgan fingerprint density at radius 3 is 3.00 bits per heavy atom. The van der Waals surface area contributed by atoms with Crippen molar-refractivity contribution in [1.29, 1.82) is 0 Å². The molecular formula is C10H16ClN3O. The zero-order valence-electron chi connectivity index (χ0n) is 9.03. The molecule has 1 heterocycles. The Labute approximate surface area is 94.3 Å². The van der Waals surface area contributed by atoms with Gasteiger partial charge in [0.2, 0.25) is 0 Å². The Kier molecular flexibility index (Phi) is 4.62. The molecule has 1 atom stereocenters. The number of hydrogen-bond donors (Lipinski definition) is 1. The summed E-state index contributed by atoms with van der Waals surface area (Å²) in [5.41, 5.74) is -0.0817. The number of aryl methyl sites for hydroxylation is 1. The molecule has 0 fully saturated rings. The fourth-order valence-electron chi connectivity index (χ4n) is 1.14. The number of nitrogens with one attached hydrogen (secondary N) is 1. The Morgan fingerprint density at radius 1 is 1.67 bits per heavy atom. The van der Waals surface area contributed by atoms with Crippen molar-refractivity contribution in [3.63, 3.8) is 0 Å². The molecule has 15 heavy (non-hydrogen) atoms. The number of nitrogens with zero attached hydrogens (tertiary/aromatic N) is 2. The molecule has 84 valence electrons. The van der Waals surface area contributed by atoms with Crippen LogP contribution in [-0.4, -0.2) is 22.0 Å². The quantitative estimate of drug-likeness (QED) is 0.780. The maximum atomic E-state index is 11.7.